The molecule has 0 spiro atoms. The van der Waals surface area contributed by atoms with E-state index in [1.807, 2.05) is 25.1 Å². The number of amides is 1. The van der Waals surface area contributed by atoms with Gasteiger partial charge in [0.25, 0.3) is 5.78 Å². The topological polar surface area (TPSA) is 89.0 Å². The maximum atomic E-state index is 13.4. The van der Waals surface area contributed by atoms with Crippen LogP contribution in [0.5, 0.6) is 11.5 Å². The number of carbonyl (C=O) groups is 2. The highest BCUT2D eigenvalue weighted by molar-refractivity contribution is 7.22. The highest BCUT2D eigenvalue weighted by Gasteiger charge is 2.48. The third-order valence-corrected chi connectivity index (χ3v) is 7.09. The number of halogens is 1. The number of thiazole rings is 1. The smallest absolute Gasteiger partial charge is 0.301 e. The third kappa shape index (κ3) is 4.19. The monoisotopic (exact) mass is 520 g/mol. The van der Waals surface area contributed by atoms with Crippen molar-refractivity contribution >= 4 is 55.7 Å². The lowest BCUT2D eigenvalue weighted by atomic mass is 9.95. The molecule has 36 heavy (non-hydrogen) atoms. The van der Waals surface area contributed by atoms with E-state index in [2.05, 4.69) is 4.98 Å². The van der Waals surface area contributed by atoms with Crippen LogP contribution in [0.1, 0.15) is 24.1 Å². The summed E-state index contributed by atoms with van der Waals surface area (Å²) in [5.41, 5.74) is 1.58. The lowest BCUT2D eigenvalue weighted by Crippen LogP contribution is -2.29. The number of nitrogens with zero attached hydrogens (tertiary/aromatic N) is 2. The van der Waals surface area contributed by atoms with Gasteiger partial charge in [0.2, 0.25) is 0 Å². The Hall–Kier alpha value is -3.88. The molecule has 0 saturated carbocycles. The van der Waals surface area contributed by atoms with Crippen LogP contribution in [-0.4, -0.2) is 35.5 Å². The highest BCUT2D eigenvalue weighted by Crippen LogP contribution is 2.45. The molecule has 182 valence electrons. The van der Waals surface area contributed by atoms with E-state index in [4.69, 9.17) is 21.1 Å². The molecule has 1 aromatic heterocycles. The molecule has 5 rings (SSSR count). The van der Waals surface area contributed by atoms with Crippen LogP contribution in [0, 0.1) is 0 Å². The number of Topliss-reactive ketones (excluding diaryl/α,β-unsaturated/α-hetero) is 1. The molecule has 1 aliphatic rings. The number of benzene rings is 3. The quantitative estimate of drug-likeness (QED) is 0.191. The Morgan fingerprint density at radius 3 is 2.53 bits per heavy atom. The van der Waals surface area contributed by atoms with Crippen molar-refractivity contribution in [2.75, 3.05) is 18.6 Å². The zero-order valence-corrected chi connectivity index (χ0v) is 21.0. The largest absolute Gasteiger partial charge is 0.507 e. The minimum atomic E-state index is -0.919. The number of hydrogen-bond acceptors (Lipinski definition) is 7. The molecule has 4 aromatic rings. The second-order valence-corrected chi connectivity index (χ2v) is 9.46. The minimum Gasteiger partial charge on any atom is -0.507 e. The van der Waals surface area contributed by atoms with Gasteiger partial charge < -0.3 is 14.6 Å². The van der Waals surface area contributed by atoms with Gasteiger partial charge in [-0.15, -0.1) is 0 Å². The Balaban J connectivity index is 1.68. The molecule has 1 amide bonds. The number of aliphatic hydroxyl groups excluding tert-OH is 1. The van der Waals surface area contributed by atoms with Gasteiger partial charge in [-0.2, -0.15) is 0 Å². The minimum absolute atomic E-state index is 0.0401. The molecule has 0 aliphatic carbocycles. The SMILES string of the molecule is CCOc1ccc2nc(N3C(=O)C(=O)C(=C(O)c4ccc(OC)cc4)C3c3cccc(Cl)c3)sc2c1. The van der Waals surface area contributed by atoms with Crippen LogP contribution < -0.4 is 14.4 Å². The van der Waals surface area contributed by atoms with Gasteiger partial charge in [0.05, 0.1) is 35.5 Å². The molecule has 1 aliphatic heterocycles. The highest BCUT2D eigenvalue weighted by atomic mass is 35.5. The summed E-state index contributed by atoms with van der Waals surface area (Å²) in [6.07, 6.45) is 0. The van der Waals surface area contributed by atoms with Crippen LogP contribution >= 0.6 is 22.9 Å². The summed E-state index contributed by atoms with van der Waals surface area (Å²) in [5.74, 6) is -0.586. The van der Waals surface area contributed by atoms with E-state index in [1.165, 1.54) is 23.3 Å². The van der Waals surface area contributed by atoms with Crippen LogP contribution in [0.4, 0.5) is 5.13 Å². The van der Waals surface area contributed by atoms with Gasteiger partial charge in [0, 0.05) is 10.6 Å². The Labute approximate surface area is 216 Å². The number of ketones is 1. The second kappa shape index (κ2) is 9.64. The van der Waals surface area contributed by atoms with E-state index < -0.39 is 17.7 Å². The summed E-state index contributed by atoms with van der Waals surface area (Å²) in [4.78, 5) is 32.7. The van der Waals surface area contributed by atoms with Crippen molar-refractivity contribution in [1.82, 2.24) is 4.98 Å². The Morgan fingerprint density at radius 1 is 1.08 bits per heavy atom. The van der Waals surface area contributed by atoms with Gasteiger partial charge in [-0.05, 0) is 67.1 Å². The first-order valence-electron chi connectivity index (χ1n) is 11.2. The van der Waals surface area contributed by atoms with Crippen LogP contribution in [0.2, 0.25) is 5.02 Å². The maximum absolute atomic E-state index is 13.4. The number of methoxy groups -OCH3 is 1. The first-order valence-corrected chi connectivity index (χ1v) is 12.3. The van der Waals surface area contributed by atoms with Gasteiger partial charge in [-0.1, -0.05) is 35.1 Å². The van der Waals surface area contributed by atoms with Crippen LogP contribution in [0.15, 0.2) is 72.3 Å². The Morgan fingerprint density at radius 2 is 1.83 bits per heavy atom. The zero-order valence-electron chi connectivity index (χ0n) is 19.4. The molecular formula is C27H21ClN2O5S. The van der Waals surface area contributed by atoms with Crippen molar-refractivity contribution < 1.29 is 24.2 Å². The van der Waals surface area contributed by atoms with Crippen molar-refractivity contribution in [3.8, 4) is 11.5 Å². The number of anilines is 1. The fourth-order valence-corrected chi connectivity index (χ4v) is 5.40. The summed E-state index contributed by atoms with van der Waals surface area (Å²) in [7, 11) is 1.54. The van der Waals surface area contributed by atoms with Crippen molar-refractivity contribution in [3.05, 3.63) is 88.5 Å². The van der Waals surface area contributed by atoms with Crippen LogP contribution in [-0.2, 0) is 9.59 Å². The number of carbonyl (C=O) groups excluding carboxylic acids is 2. The van der Waals surface area contributed by atoms with E-state index >= 15 is 0 Å². The van der Waals surface area contributed by atoms with Crippen molar-refractivity contribution in [3.63, 3.8) is 0 Å². The summed E-state index contributed by atoms with van der Waals surface area (Å²) in [6.45, 7) is 2.42. The molecule has 1 atom stereocenters. The standard InChI is InChI=1S/C27H21ClN2O5S/c1-3-35-19-11-12-20-21(14-19)36-27(29-20)30-23(16-5-4-6-17(28)13-16)22(25(32)26(30)33)24(31)15-7-9-18(34-2)10-8-15/h4-14,23,31H,3H2,1-2H3. The normalized spacial score (nSPS) is 17.1. The molecule has 1 unspecified atom stereocenters. The van der Waals surface area contributed by atoms with Crippen molar-refractivity contribution in [1.29, 1.82) is 0 Å². The first-order chi connectivity index (χ1) is 17.4. The molecule has 9 heteroatoms. The van der Waals surface area contributed by atoms with Gasteiger partial charge in [0.15, 0.2) is 5.13 Å². The van der Waals surface area contributed by atoms with Crippen LogP contribution in [0.25, 0.3) is 16.0 Å². The van der Waals surface area contributed by atoms with Crippen molar-refractivity contribution in [2.45, 2.75) is 13.0 Å². The molecule has 1 fully saturated rings. The number of ether oxygens (including phenoxy) is 2. The number of aliphatic hydroxyl groups is 1. The number of aromatic nitrogens is 1. The fraction of sp³-hybridized carbons (Fsp3) is 0.148. The van der Waals surface area contributed by atoms with Gasteiger partial charge in [0.1, 0.15) is 17.3 Å². The number of fused-ring (bicyclic) bond motifs is 1. The zero-order chi connectivity index (χ0) is 25.4. The summed E-state index contributed by atoms with van der Waals surface area (Å²) >= 11 is 7.54. The molecule has 0 bridgehead atoms. The van der Waals surface area contributed by atoms with E-state index in [1.54, 1.807) is 48.5 Å². The van der Waals surface area contributed by atoms with Gasteiger partial charge in [-0.25, -0.2) is 4.98 Å². The lowest BCUT2D eigenvalue weighted by molar-refractivity contribution is -0.132. The number of hydrogen-bond donors (Lipinski definition) is 1. The predicted molar refractivity (Wildman–Crippen MR) is 140 cm³/mol. The van der Waals surface area contributed by atoms with E-state index in [-0.39, 0.29) is 11.3 Å². The van der Waals surface area contributed by atoms with Gasteiger partial charge in [-0.3, -0.25) is 14.5 Å². The molecule has 3 aromatic carbocycles. The van der Waals surface area contributed by atoms with E-state index in [9.17, 15) is 14.7 Å². The fourth-order valence-electron chi connectivity index (χ4n) is 4.18. The molecule has 1 saturated heterocycles. The molecule has 2 heterocycles. The molecule has 7 nitrogen and oxygen atoms in total. The van der Waals surface area contributed by atoms with E-state index in [0.29, 0.717) is 44.9 Å². The average Bonchev–Trinajstić information content (AvgIpc) is 3.41. The second-order valence-electron chi connectivity index (χ2n) is 8.01. The average molecular weight is 521 g/mol. The Kier molecular flexibility index (Phi) is 6.38. The first kappa shape index (κ1) is 23.8. The summed E-state index contributed by atoms with van der Waals surface area (Å²) in [6, 6.07) is 18.0. The maximum Gasteiger partial charge on any atom is 0.301 e. The summed E-state index contributed by atoms with van der Waals surface area (Å²) in [5, 5.41) is 12.0. The lowest BCUT2D eigenvalue weighted by Gasteiger charge is -2.23. The van der Waals surface area contributed by atoms with Gasteiger partial charge >= 0.3 is 5.91 Å². The third-order valence-electron chi connectivity index (χ3n) is 5.84. The Bertz CT molecular complexity index is 1510. The predicted octanol–water partition coefficient (Wildman–Crippen LogP) is 5.98. The molecular weight excluding hydrogens is 500 g/mol. The van der Waals surface area contributed by atoms with Crippen LogP contribution in [0.3, 0.4) is 0 Å². The number of rotatable bonds is 6. The van der Waals surface area contributed by atoms with Crippen molar-refractivity contribution in [2.24, 2.45) is 0 Å². The summed E-state index contributed by atoms with van der Waals surface area (Å²) < 4.78 is 11.6. The van der Waals surface area contributed by atoms with E-state index in [0.717, 1.165) is 4.70 Å². The molecule has 1 N–H and O–H groups in total. The molecule has 0 radical (unpaired) electrons.